The van der Waals surface area contributed by atoms with Crippen LogP contribution >= 0.6 is 0 Å². The van der Waals surface area contributed by atoms with E-state index in [2.05, 4.69) is 29.0 Å². The van der Waals surface area contributed by atoms with Crippen LogP contribution in [0, 0.1) is 5.92 Å². The van der Waals surface area contributed by atoms with Crippen LogP contribution in [0.15, 0.2) is 10.7 Å². The number of hydrogen-bond acceptors (Lipinski definition) is 4. The van der Waals surface area contributed by atoms with Crippen LogP contribution in [0.2, 0.25) is 0 Å². The molecule has 17 heavy (non-hydrogen) atoms. The Balaban J connectivity index is 1.87. The zero-order chi connectivity index (χ0) is 12.1. The lowest BCUT2D eigenvalue weighted by atomic mass is 9.95. The second kappa shape index (κ2) is 6.05. The summed E-state index contributed by atoms with van der Waals surface area (Å²) >= 11 is 0. The molecule has 0 amide bonds. The van der Waals surface area contributed by atoms with Crippen LogP contribution in [0.5, 0.6) is 0 Å². The number of anilines is 1. The minimum absolute atomic E-state index is 0.797. The first-order valence-electron chi connectivity index (χ1n) is 6.73. The van der Waals surface area contributed by atoms with Crippen LogP contribution in [-0.2, 0) is 6.54 Å². The van der Waals surface area contributed by atoms with Crippen molar-refractivity contribution in [2.24, 2.45) is 5.92 Å². The zero-order valence-corrected chi connectivity index (χ0v) is 10.9. The second-order valence-corrected chi connectivity index (χ2v) is 4.74. The highest BCUT2D eigenvalue weighted by Crippen LogP contribution is 2.24. The molecular weight excluding hydrogens is 214 g/mol. The van der Waals surface area contributed by atoms with E-state index in [0.717, 1.165) is 43.8 Å². The Hall–Kier alpha value is -1.03. The third kappa shape index (κ3) is 3.22. The minimum Gasteiger partial charge on any atom is -0.432 e. The third-order valence-corrected chi connectivity index (χ3v) is 3.56. The van der Waals surface area contributed by atoms with Gasteiger partial charge in [0.1, 0.15) is 6.26 Å². The van der Waals surface area contributed by atoms with Gasteiger partial charge >= 0.3 is 0 Å². The lowest BCUT2D eigenvalue weighted by molar-refractivity contribution is 0.378. The Morgan fingerprint density at radius 1 is 1.41 bits per heavy atom. The average Bonchev–Trinajstić information content (AvgIpc) is 2.85. The van der Waals surface area contributed by atoms with E-state index < -0.39 is 0 Å². The number of hydrogen-bond donors (Lipinski definition) is 1. The van der Waals surface area contributed by atoms with E-state index in [-0.39, 0.29) is 0 Å². The lowest BCUT2D eigenvalue weighted by Gasteiger charge is -2.30. The minimum atomic E-state index is 0.797. The van der Waals surface area contributed by atoms with Crippen LogP contribution in [-0.4, -0.2) is 24.6 Å². The Labute approximate surface area is 103 Å². The first kappa shape index (κ1) is 12.4. The van der Waals surface area contributed by atoms with Crippen molar-refractivity contribution in [3.8, 4) is 0 Å². The van der Waals surface area contributed by atoms with Gasteiger partial charge in [-0.2, -0.15) is 4.98 Å². The van der Waals surface area contributed by atoms with Gasteiger partial charge < -0.3 is 14.6 Å². The Bertz CT molecular complexity index is 329. The first-order chi connectivity index (χ1) is 8.33. The van der Waals surface area contributed by atoms with E-state index in [4.69, 9.17) is 4.42 Å². The summed E-state index contributed by atoms with van der Waals surface area (Å²) in [6, 6.07) is 0.799. The molecule has 2 rings (SSSR count). The molecule has 1 aliphatic rings. The highest BCUT2D eigenvalue weighted by molar-refractivity contribution is 5.27. The predicted molar refractivity (Wildman–Crippen MR) is 69.1 cm³/mol. The molecule has 0 unspecified atom stereocenters. The summed E-state index contributed by atoms with van der Waals surface area (Å²) in [5.41, 5.74) is 1.000. The maximum Gasteiger partial charge on any atom is 0.297 e. The third-order valence-electron chi connectivity index (χ3n) is 3.56. The molecule has 1 aromatic rings. The second-order valence-electron chi connectivity index (χ2n) is 4.74. The molecular formula is C13H23N3O. The van der Waals surface area contributed by atoms with Crippen molar-refractivity contribution < 1.29 is 4.42 Å². The number of nitrogens with one attached hydrogen (secondary N) is 1. The van der Waals surface area contributed by atoms with Crippen LogP contribution in [0.25, 0.3) is 0 Å². The molecule has 4 nitrogen and oxygen atoms in total. The summed E-state index contributed by atoms with van der Waals surface area (Å²) in [6.45, 7) is 8.30. The zero-order valence-electron chi connectivity index (χ0n) is 10.9. The molecule has 1 saturated heterocycles. The van der Waals surface area contributed by atoms with Gasteiger partial charge in [-0.25, -0.2) is 0 Å². The topological polar surface area (TPSA) is 41.3 Å². The molecule has 1 aliphatic heterocycles. The Morgan fingerprint density at radius 2 is 2.18 bits per heavy atom. The fourth-order valence-corrected chi connectivity index (χ4v) is 2.31. The van der Waals surface area contributed by atoms with E-state index in [0.29, 0.717) is 0 Å². The summed E-state index contributed by atoms with van der Waals surface area (Å²) < 4.78 is 5.54. The van der Waals surface area contributed by atoms with E-state index >= 15 is 0 Å². The monoisotopic (exact) mass is 237 g/mol. The van der Waals surface area contributed by atoms with Crippen LogP contribution in [0.1, 0.15) is 38.8 Å². The fraction of sp³-hybridized carbons (Fsp3) is 0.769. The summed E-state index contributed by atoms with van der Waals surface area (Å²) in [6.07, 6.45) is 5.60. The van der Waals surface area contributed by atoms with Crippen molar-refractivity contribution >= 4 is 6.01 Å². The summed E-state index contributed by atoms with van der Waals surface area (Å²) in [4.78, 5) is 6.78. The molecule has 0 spiro atoms. The molecule has 96 valence electrons. The first-order valence-corrected chi connectivity index (χ1v) is 6.73. The molecule has 1 N–H and O–H groups in total. The van der Waals surface area contributed by atoms with Gasteiger partial charge in [-0.3, -0.25) is 0 Å². The van der Waals surface area contributed by atoms with E-state index in [9.17, 15) is 0 Å². The molecule has 0 atom stereocenters. The van der Waals surface area contributed by atoms with Crippen molar-refractivity contribution in [3.63, 3.8) is 0 Å². The van der Waals surface area contributed by atoms with Crippen LogP contribution < -0.4 is 10.2 Å². The van der Waals surface area contributed by atoms with Crippen molar-refractivity contribution in [1.82, 2.24) is 10.3 Å². The van der Waals surface area contributed by atoms with Crippen molar-refractivity contribution in [1.29, 1.82) is 0 Å². The van der Waals surface area contributed by atoms with Gasteiger partial charge in [0.25, 0.3) is 6.01 Å². The molecule has 4 heteroatoms. The van der Waals surface area contributed by atoms with E-state index in [1.54, 1.807) is 6.26 Å². The molecule has 0 aliphatic carbocycles. The lowest BCUT2D eigenvalue weighted by Crippen LogP contribution is -2.33. The van der Waals surface area contributed by atoms with Gasteiger partial charge in [0, 0.05) is 19.6 Å². The standard InChI is InChI=1S/C13H23N3O/c1-3-11-5-7-16(8-6-11)13-15-12(10-17-13)9-14-4-2/h10-11,14H,3-9H2,1-2H3. The average molecular weight is 237 g/mol. The van der Waals surface area contributed by atoms with Gasteiger partial charge in [-0.05, 0) is 25.3 Å². The number of rotatable bonds is 5. The van der Waals surface area contributed by atoms with E-state index in [1.165, 1.54) is 19.3 Å². The maximum absolute atomic E-state index is 5.54. The number of aromatic nitrogens is 1. The Morgan fingerprint density at radius 3 is 2.82 bits per heavy atom. The molecule has 1 fully saturated rings. The summed E-state index contributed by atoms with van der Waals surface area (Å²) in [7, 11) is 0. The SMILES string of the molecule is CCNCc1coc(N2CCC(CC)CC2)n1. The fourth-order valence-electron chi connectivity index (χ4n) is 2.31. The quantitative estimate of drug-likeness (QED) is 0.854. The number of nitrogens with zero attached hydrogens (tertiary/aromatic N) is 2. The number of oxazole rings is 1. The largest absolute Gasteiger partial charge is 0.432 e. The predicted octanol–water partition coefficient (Wildman–Crippen LogP) is 2.41. The molecule has 1 aromatic heterocycles. The molecule has 0 bridgehead atoms. The van der Waals surface area contributed by atoms with Crippen molar-refractivity contribution in [2.45, 2.75) is 39.7 Å². The van der Waals surface area contributed by atoms with Gasteiger partial charge in [-0.15, -0.1) is 0 Å². The summed E-state index contributed by atoms with van der Waals surface area (Å²) in [5.74, 6) is 0.891. The van der Waals surface area contributed by atoms with E-state index in [1.807, 2.05) is 0 Å². The van der Waals surface area contributed by atoms with Crippen molar-refractivity contribution in [2.75, 3.05) is 24.5 Å². The van der Waals surface area contributed by atoms with Crippen LogP contribution in [0.4, 0.5) is 6.01 Å². The highest BCUT2D eigenvalue weighted by Gasteiger charge is 2.21. The number of piperidine rings is 1. The van der Waals surface area contributed by atoms with Crippen molar-refractivity contribution in [3.05, 3.63) is 12.0 Å². The molecule has 0 aromatic carbocycles. The normalized spacial score (nSPS) is 17.6. The summed E-state index contributed by atoms with van der Waals surface area (Å²) in [5, 5.41) is 3.26. The van der Waals surface area contributed by atoms with Gasteiger partial charge in [0.05, 0.1) is 5.69 Å². The van der Waals surface area contributed by atoms with Gasteiger partial charge in [0.15, 0.2) is 0 Å². The molecule has 0 saturated carbocycles. The molecule has 0 radical (unpaired) electrons. The van der Waals surface area contributed by atoms with Crippen LogP contribution in [0.3, 0.4) is 0 Å². The maximum atomic E-state index is 5.54. The Kier molecular flexibility index (Phi) is 4.42. The smallest absolute Gasteiger partial charge is 0.297 e. The van der Waals surface area contributed by atoms with Gasteiger partial charge in [-0.1, -0.05) is 20.3 Å². The molecule has 2 heterocycles. The highest BCUT2D eigenvalue weighted by atomic mass is 16.4. The van der Waals surface area contributed by atoms with Gasteiger partial charge in [0.2, 0.25) is 0 Å².